The Kier molecular flexibility index (Phi) is 8.18. The average molecular weight is 546 g/mol. The Morgan fingerprint density at radius 1 is 1.11 bits per heavy atom. The van der Waals surface area contributed by atoms with Crippen LogP contribution in [0, 0.1) is 5.92 Å². The molecule has 1 aromatic heterocycles. The van der Waals surface area contributed by atoms with Crippen LogP contribution in [0.15, 0.2) is 46.7 Å². The minimum absolute atomic E-state index is 0.0486. The van der Waals surface area contributed by atoms with Crippen molar-refractivity contribution in [3.63, 3.8) is 0 Å². The Bertz CT molecular complexity index is 1180. The average Bonchev–Trinajstić information content (AvgIpc) is 3.29. The van der Waals surface area contributed by atoms with E-state index in [4.69, 9.17) is 11.6 Å². The van der Waals surface area contributed by atoms with Crippen LogP contribution >= 0.6 is 23.4 Å². The highest BCUT2D eigenvalue weighted by atomic mass is 35.5. The van der Waals surface area contributed by atoms with Crippen molar-refractivity contribution in [1.29, 1.82) is 0 Å². The van der Waals surface area contributed by atoms with E-state index in [2.05, 4.69) is 25.9 Å². The number of nitrogens with zero attached hydrogens (tertiary/aromatic N) is 4. The molecule has 3 aliphatic rings. The molecule has 37 heavy (non-hydrogen) atoms. The van der Waals surface area contributed by atoms with E-state index in [1.54, 1.807) is 20.2 Å². The second-order valence-corrected chi connectivity index (χ2v) is 10.7. The van der Waals surface area contributed by atoms with Gasteiger partial charge in [0.25, 0.3) is 5.91 Å². The molecule has 1 saturated carbocycles. The summed E-state index contributed by atoms with van der Waals surface area (Å²) >= 11 is 7.10. The number of aromatic nitrogens is 1. The summed E-state index contributed by atoms with van der Waals surface area (Å²) in [6.07, 6.45) is 8.31. The van der Waals surface area contributed by atoms with Gasteiger partial charge in [0.15, 0.2) is 5.04 Å². The summed E-state index contributed by atoms with van der Waals surface area (Å²) in [6.45, 7) is 0. The summed E-state index contributed by atoms with van der Waals surface area (Å²) < 4.78 is 0. The van der Waals surface area contributed by atoms with E-state index in [-0.39, 0.29) is 29.6 Å². The number of anilines is 1. The van der Waals surface area contributed by atoms with Crippen molar-refractivity contribution in [2.45, 2.75) is 37.4 Å². The van der Waals surface area contributed by atoms with E-state index in [1.165, 1.54) is 28.9 Å². The molecule has 0 spiro atoms. The van der Waals surface area contributed by atoms with Gasteiger partial charge in [-0.15, -0.1) is 0 Å². The summed E-state index contributed by atoms with van der Waals surface area (Å²) in [5.41, 5.74) is 0. The number of carbonyl (C=O) groups is 4. The zero-order valence-corrected chi connectivity index (χ0v) is 22.2. The van der Waals surface area contributed by atoms with Crippen LogP contribution in [0.25, 0.3) is 0 Å². The van der Waals surface area contributed by atoms with Crippen LogP contribution in [0.4, 0.5) is 5.82 Å². The first-order valence-electron chi connectivity index (χ1n) is 11.7. The Labute approximate surface area is 223 Å². The number of pyridine rings is 1. The van der Waals surface area contributed by atoms with Crippen LogP contribution in [0.5, 0.6) is 0 Å². The van der Waals surface area contributed by atoms with Gasteiger partial charge < -0.3 is 25.8 Å². The van der Waals surface area contributed by atoms with E-state index in [9.17, 15) is 19.2 Å². The van der Waals surface area contributed by atoms with Gasteiger partial charge in [-0.25, -0.2) is 4.98 Å². The van der Waals surface area contributed by atoms with Crippen LogP contribution in [-0.2, 0) is 19.2 Å². The van der Waals surface area contributed by atoms with Crippen molar-refractivity contribution < 1.29 is 19.2 Å². The lowest BCUT2D eigenvalue weighted by molar-refractivity contribution is -0.138. The zero-order chi connectivity index (χ0) is 26.7. The first-order valence-corrected chi connectivity index (χ1v) is 12.9. The predicted molar refractivity (Wildman–Crippen MR) is 142 cm³/mol. The van der Waals surface area contributed by atoms with Gasteiger partial charge >= 0.3 is 11.8 Å². The van der Waals surface area contributed by atoms with E-state index in [1.807, 2.05) is 30.4 Å². The highest BCUT2D eigenvalue weighted by molar-refractivity contribution is 8.19. The van der Waals surface area contributed by atoms with Gasteiger partial charge in [-0.3, -0.25) is 24.2 Å². The van der Waals surface area contributed by atoms with Gasteiger partial charge in [-0.2, -0.15) is 0 Å². The molecule has 11 nitrogen and oxygen atoms in total. The number of halogens is 1. The molecule has 4 rings (SSSR count). The molecular formula is C24H28ClN7O4S. The first-order chi connectivity index (χ1) is 17.6. The number of carbonyl (C=O) groups excluding carboxylic acids is 4. The second kappa shape index (κ2) is 11.3. The van der Waals surface area contributed by atoms with E-state index in [0.29, 0.717) is 29.3 Å². The van der Waals surface area contributed by atoms with Gasteiger partial charge in [0.1, 0.15) is 11.9 Å². The van der Waals surface area contributed by atoms with Crippen LogP contribution in [0.2, 0.25) is 5.02 Å². The molecule has 4 amide bonds. The molecule has 196 valence electrons. The maximum absolute atomic E-state index is 13.1. The van der Waals surface area contributed by atoms with Crippen LogP contribution in [-0.4, -0.2) is 82.7 Å². The van der Waals surface area contributed by atoms with Crippen molar-refractivity contribution in [2.24, 2.45) is 10.9 Å². The smallest absolute Gasteiger partial charge is 0.314 e. The van der Waals surface area contributed by atoms with Crippen molar-refractivity contribution in [3.05, 3.63) is 46.7 Å². The topological polar surface area (TPSA) is 136 Å². The Balaban J connectivity index is 1.44. The summed E-state index contributed by atoms with van der Waals surface area (Å²) in [5, 5.41) is 8.81. The monoisotopic (exact) mass is 545 g/mol. The molecular weight excluding hydrogens is 518 g/mol. The predicted octanol–water partition coefficient (Wildman–Crippen LogP) is 1.35. The highest BCUT2D eigenvalue weighted by Gasteiger charge is 2.38. The van der Waals surface area contributed by atoms with E-state index < -0.39 is 23.9 Å². The van der Waals surface area contributed by atoms with Gasteiger partial charge in [-0.1, -0.05) is 23.4 Å². The molecule has 1 unspecified atom stereocenters. The molecule has 0 bridgehead atoms. The number of amides is 4. The Morgan fingerprint density at radius 3 is 2.59 bits per heavy atom. The molecule has 13 heteroatoms. The number of rotatable bonds is 5. The largest absolute Gasteiger partial charge is 0.357 e. The fourth-order valence-corrected chi connectivity index (χ4v) is 5.50. The van der Waals surface area contributed by atoms with Crippen LogP contribution in [0.3, 0.4) is 0 Å². The second-order valence-electron chi connectivity index (χ2n) is 9.24. The molecule has 0 saturated heterocycles. The Morgan fingerprint density at radius 2 is 1.89 bits per heavy atom. The molecule has 0 radical (unpaired) electrons. The molecule has 4 atom stereocenters. The molecule has 1 fully saturated rings. The van der Waals surface area contributed by atoms with E-state index >= 15 is 0 Å². The SMILES string of the molecule is CN1C=CC2N=C(C(=O)N[C@@H]3C[C@@H](C(=O)N(C)C)CC[C@@H]3NC(=O)C(=O)Nc3ccc(Cl)cn3)SC2=C1. The van der Waals surface area contributed by atoms with Gasteiger partial charge in [0.2, 0.25) is 5.91 Å². The maximum Gasteiger partial charge on any atom is 0.314 e. The summed E-state index contributed by atoms with van der Waals surface area (Å²) in [7, 11) is 5.26. The molecule has 3 heterocycles. The molecule has 1 aliphatic carbocycles. The number of hydrogen-bond acceptors (Lipinski definition) is 8. The summed E-state index contributed by atoms with van der Waals surface area (Å²) in [6, 6.07) is 1.71. The minimum atomic E-state index is -0.894. The third-order valence-electron chi connectivity index (χ3n) is 6.24. The summed E-state index contributed by atoms with van der Waals surface area (Å²) in [4.78, 5) is 63.8. The lowest BCUT2D eigenvalue weighted by Gasteiger charge is -2.37. The third kappa shape index (κ3) is 6.50. The standard InChI is InChI=1S/C24H28ClN7O4S/c1-31(2)24(36)13-4-6-15(27-20(33)21(34)30-19-7-5-14(25)11-26-19)17(10-13)28-22(35)23-29-16-8-9-32(3)12-18(16)37-23/h5,7-9,11-13,15-17H,4,6,10H2,1-3H3,(H,27,33)(H,28,35)(H,26,30,34)/t13-,15-,16?,17+/m0/s1. The van der Waals surface area contributed by atoms with E-state index in [0.717, 1.165) is 4.91 Å². The van der Waals surface area contributed by atoms with Gasteiger partial charge in [0.05, 0.1) is 11.1 Å². The fourth-order valence-electron chi connectivity index (χ4n) is 4.37. The lowest BCUT2D eigenvalue weighted by atomic mass is 9.81. The van der Waals surface area contributed by atoms with Gasteiger partial charge in [0, 0.05) is 56.6 Å². The number of aliphatic imine (C=N–C) groups is 1. The van der Waals surface area contributed by atoms with Gasteiger partial charge in [-0.05, 0) is 37.5 Å². The number of nitrogens with one attached hydrogen (secondary N) is 3. The van der Waals surface area contributed by atoms with Crippen molar-refractivity contribution >= 4 is 57.9 Å². The number of fused-ring (bicyclic) bond motifs is 1. The first kappa shape index (κ1) is 26.7. The molecule has 0 aromatic carbocycles. The van der Waals surface area contributed by atoms with Crippen LogP contribution in [0.1, 0.15) is 19.3 Å². The molecule has 1 aromatic rings. The fraction of sp³-hybridized carbons (Fsp3) is 0.417. The van der Waals surface area contributed by atoms with Crippen molar-refractivity contribution in [2.75, 3.05) is 26.5 Å². The van der Waals surface area contributed by atoms with Crippen LogP contribution < -0.4 is 16.0 Å². The highest BCUT2D eigenvalue weighted by Crippen LogP contribution is 2.34. The normalized spacial score (nSPS) is 24.4. The zero-order valence-electron chi connectivity index (χ0n) is 20.6. The Hall–Kier alpha value is -3.38. The molecule has 2 aliphatic heterocycles. The lowest BCUT2D eigenvalue weighted by Crippen LogP contribution is -2.57. The molecule has 3 N–H and O–H groups in total. The number of thioether (sulfide) groups is 1. The minimum Gasteiger partial charge on any atom is -0.357 e. The number of hydrogen-bond donors (Lipinski definition) is 3. The van der Waals surface area contributed by atoms with Crippen molar-refractivity contribution in [3.8, 4) is 0 Å². The third-order valence-corrected chi connectivity index (χ3v) is 7.53. The summed E-state index contributed by atoms with van der Waals surface area (Å²) in [5.74, 6) is -2.33. The van der Waals surface area contributed by atoms with Crippen molar-refractivity contribution in [1.82, 2.24) is 25.4 Å². The quantitative estimate of drug-likeness (QED) is 0.475. The maximum atomic E-state index is 13.1.